The molecule has 2 atom stereocenters. The molecule has 0 aromatic heterocycles. The summed E-state index contributed by atoms with van der Waals surface area (Å²) in [6.45, 7) is 5.87. The first kappa shape index (κ1) is 23.6. The largest absolute Gasteiger partial charge is 0.370 e. The minimum atomic E-state index is -3.78. The van der Waals surface area contributed by atoms with Gasteiger partial charge in [-0.05, 0) is 75.3 Å². The third kappa shape index (κ3) is 5.69. The second kappa shape index (κ2) is 10.2. The average molecular weight is 470 g/mol. The van der Waals surface area contributed by atoms with Gasteiger partial charge in [-0.1, -0.05) is 37.5 Å². The molecule has 2 fully saturated rings. The van der Waals surface area contributed by atoms with Crippen LogP contribution in [0.25, 0.3) is 0 Å². The van der Waals surface area contributed by atoms with E-state index in [0.29, 0.717) is 17.2 Å². The van der Waals surface area contributed by atoms with E-state index < -0.39 is 10.0 Å². The van der Waals surface area contributed by atoms with Gasteiger partial charge in [-0.3, -0.25) is 9.52 Å². The number of hydrogen-bond acceptors (Lipinski definition) is 4. The van der Waals surface area contributed by atoms with Crippen LogP contribution < -0.4 is 14.9 Å². The molecule has 2 aliphatic rings. The molecule has 178 valence electrons. The number of piperidine rings is 1. The quantitative estimate of drug-likeness (QED) is 0.617. The third-order valence-electron chi connectivity index (χ3n) is 6.96. The lowest BCUT2D eigenvalue weighted by atomic mass is 9.86. The summed E-state index contributed by atoms with van der Waals surface area (Å²) in [5, 5.41) is 3.18. The zero-order valence-electron chi connectivity index (χ0n) is 19.6. The highest BCUT2D eigenvalue weighted by Gasteiger charge is 2.25. The molecule has 1 aliphatic carbocycles. The Hall–Kier alpha value is -2.54. The lowest BCUT2D eigenvalue weighted by molar-refractivity contribution is 0.0910. The highest BCUT2D eigenvalue weighted by molar-refractivity contribution is 7.92. The van der Waals surface area contributed by atoms with Gasteiger partial charge in [0.25, 0.3) is 15.9 Å². The van der Waals surface area contributed by atoms with Crippen LogP contribution in [0, 0.1) is 12.8 Å². The number of aryl methyl sites for hydroxylation is 1. The minimum Gasteiger partial charge on any atom is -0.370 e. The Morgan fingerprint density at radius 1 is 0.939 bits per heavy atom. The molecule has 33 heavy (non-hydrogen) atoms. The summed E-state index contributed by atoms with van der Waals surface area (Å²) in [5.41, 5.74) is 2.77. The molecule has 6 nitrogen and oxygen atoms in total. The standard InChI is InChI=1S/C26H35N3O3S/c1-19-10-13-22(14-11-19)33(31,32)28-24-18-21(12-15-25(24)29-16-6-3-7-17-29)26(30)27-23-9-5-4-8-20(23)2/h10-15,18,20,23,28H,3-9,16-17H2,1-2H3,(H,27,30)/t20-,23-/m0/s1. The Balaban J connectivity index is 1.63. The first-order valence-corrected chi connectivity index (χ1v) is 13.6. The normalized spacial score (nSPS) is 21.5. The zero-order valence-corrected chi connectivity index (χ0v) is 20.5. The summed E-state index contributed by atoms with van der Waals surface area (Å²) < 4.78 is 29.1. The molecule has 0 radical (unpaired) electrons. The van der Waals surface area contributed by atoms with Gasteiger partial charge in [0, 0.05) is 24.7 Å². The Labute approximate surface area is 197 Å². The van der Waals surface area contributed by atoms with Gasteiger partial charge in [-0.25, -0.2) is 8.42 Å². The Morgan fingerprint density at radius 3 is 2.33 bits per heavy atom. The monoisotopic (exact) mass is 469 g/mol. The molecular weight excluding hydrogens is 434 g/mol. The van der Waals surface area contributed by atoms with Gasteiger partial charge in [-0.15, -0.1) is 0 Å². The molecule has 1 saturated carbocycles. The lowest BCUT2D eigenvalue weighted by Crippen LogP contribution is -2.41. The van der Waals surface area contributed by atoms with Crippen LogP contribution in [-0.2, 0) is 10.0 Å². The van der Waals surface area contributed by atoms with Crippen LogP contribution in [0.3, 0.4) is 0 Å². The topological polar surface area (TPSA) is 78.5 Å². The first-order chi connectivity index (χ1) is 15.8. The molecule has 4 rings (SSSR count). The van der Waals surface area contributed by atoms with Crippen molar-refractivity contribution in [2.24, 2.45) is 5.92 Å². The summed E-state index contributed by atoms with van der Waals surface area (Å²) in [6.07, 6.45) is 7.79. The van der Waals surface area contributed by atoms with Gasteiger partial charge in [0.1, 0.15) is 0 Å². The SMILES string of the molecule is Cc1ccc(S(=O)(=O)Nc2cc(C(=O)N[C@H]3CCCC[C@@H]3C)ccc2N2CCCCC2)cc1. The molecule has 1 saturated heterocycles. The zero-order chi connectivity index (χ0) is 23.4. The first-order valence-electron chi connectivity index (χ1n) is 12.1. The second-order valence-electron chi connectivity index (χ2n) is 9.54. The van der Waals surface area contributed by atoms with Gasteiger partial charge in [0.15, 0.2) is 0 Å². The molecule has 7 heteroatoms. The van der Waals surface area contributed by atoms with Gasteiger partial charge in [0.2, 0.25) is 0 Å². The van der Waals surface area contributed by atoms with E-state index in [0.717, 1.165) is 56.4 Å². The van der Waals surface area contributed by atoms with Crippen molar-refractivity contribution in [3.8, 4) is 0 Å². The molecule has 0 bridgehead atoms. The van der Waals surface area contributed by atoms with Crippen molar-refractivity contribution in [1.82, 2.24) is 5.32 Å². The maximum atomic E-state index is 13.2. The maximum Gasteiger partial charge on any atom is 0.261 e. The smallest absolute Gasteiger partial charge is 0.261 e. The number of nitrogens with zero attached hydrogens (tertiary/aromatic N) is 1. The van der Waals surface area contributed by atoms with Crippen LogP contribution in [0.15, 0.2) is 47.4 Å². The van der Waals surface area contributed by atoms with Crippen LogP contribution in [0.2, 0.25) is 0 Å². The highest BCUT2D eigenvalue weighted by atomic mass is 32.2. The van der Waals surface area contributed by atoms with E-state index in [1.54, 1.807) is 30.3 Å². The van der Waals surface area contributed by atoms with Crippen molar-refractivity contribution < 1.29 is 13.2 Å². The van der Waals surface area contributed by atoms with Crippen LogP contribution in [-0.4, -0.2) is 33.5 Å². The van der Waals surface area contributed by atoms with E-state index >= 15 is 0 Å². The van der Waals surface area contributed by atoms with Crippen molar-refractivity contribution >= 4 is 27.3 Å². The summed E-state index contributed by atoms with van der Waals surface area (Å²) in [5.74, 6) is 0.310. The average Bonchev–Trinajstić information content (AvgIpc) is 2.81. The molecule has 1 aliphatic heterocycles. The molecular formula is C26H35N3O3S. The van der Waals surface area contributed by atoms with E-state index in [-0.39, 0.29) is 16.8 Å². The van der Waals surface area contributed by atoms with Crippen LogP contribution in [0.5, 0.6) is 0 Å². The van der Waals surface area contributed by atoms with Gasteiger partial charge in [-0.2, -0.15) is 0 Å². The second-order valence-corrected chi connectivity index (χ2v) is 11.2. The molecule has 1 amide bonds. The third-order valence-corrected chi connectivity index (χ3v) is 8.34. The molecule has 2 N–H and O–H groups in total. The number of nitrogens with one attached hydrogen (secondary N) is 2. The van der Waals surface area contributed by atoms with Crippen molar-refractivity contribution in [1.29, 1.82) is 0 Å². The number of anilines is 2. The number of hydrogen-bond donors (Lipinski definition) is 2. The summed E-state index contributed by atoms with van der Waals surface area (Å²) in [7, 11) is -3.78. The molecule has 1 heterocycles. The Bertz CT molecular complexity index is 1080. The molecule has 2 aromatic carbocycles. The number of amides is 1. The Kier molecular flexibility index (Phi) is 7.27. The van der Waals surface area contributed by atoms with Crippen LogP contribution in [0.4, 0.5) is 11.4 Å². The number of sulfonamides is 1. The van der Waals surface area contributed by atoms with Gasteiger partial charge >= 0.3 is 0 Å². The van der Waals surface area contributed by atoms with E-state index in [4.69, 9.17) is 0 Å². The number of carbonyl (C=O) groups is 1. The van der Waals surface area contributed by atoms with Gasteiger partial charge < -0.3 is 10.2 Å². The fourth-order valence-corrected chi connectivity index (χ4v) is 5.94. The Morgan fingerprint density at radius 2 is 1.64 bits per heavy atom. The fourth-order valence-electron chi connectivity index (χ4n) is 4.87. The highest BCUT2D eigenvalue weighted by Crippen LogP contribution is 2.32. The lowest BCUT2D eigenvalue weighted by Gasteiger charge is -2.31. The van der Waals surface area contributed by atoms with Gasteiger partial charge in [0.05, 0.1) is 16.3 Å². The van der Waals surface area contributed by atoms with E-state index in [1.807, 2.05) is 19.1 Å². The fraction of sp³-hybridized carbons (Fsp3) is 0.500. The minimum absolute atomic E-state index is 0.144. The predicted molar refractivity (Wildman–Crippen MR) is 133 cm³/mol. The van der Waals surface area contributed by atoms with E-state index in [2.05, 4.69) is 21.9 Å². The van der Waals surface area contributed by atoms with E-state index in [9.17, 15) is 13.2 Å². The number of benzene rings is 2. The van der Waals surface area contributed by atoms with E-state index in [1.165, 1.54) is 12.8 Å². The van der Waals surface area contributed by atoms with Crippen molar-refractivity contribution in [2.45, 2.75) is 69.7 Å². The summed E-state index contributed by atoms with van der Waals surface area (Å²) >= 11 is 0. The summed E-state index contributed by atoms with van der Waals surface area (Å²) in [6, 6.07) is 12.4. The van der Waals surface area contributed by atoms with Crippen molar-refractivity contribution in [3.05, 3.63) is 53.6 Å². The van der Waals surface area contributed by atoms with Crippen molar-refractivity contribution in [2.75, 3.05) is 22.7 Å². The van der Waals surface area contributed by atoms with Crippen LogP contribution in [0.1, 0.15) is 67.8 Å². The summed E-state index contributed by atoms with van der Waals surface area (Å²) in [4.78, 5) is 15.5. The van der Waals surface area contributed by atoms with Crippen LogP contribution >= 0.6 is 0 Å². The van der Waals surface area contributed by atoms with Crippen molar-refractivity contribution in [3.63, 3.8) is 0 Å². The predicted octanol–water partition coefficient (Wildman–Crippen LogP) is 5.09. The maximum absolute atomic E-state index is 13.2. The number of carbonyl (C=O) groups excluding carboxylic acids is 1. The molecule has 0 spiro atoms. The molecule has 2 aromatic rings. The molecule has 0 unspecified atom stereocenters. The number of rotatable bonds is 6.